The molecule has 1 aromatic heterocycles. The maximum atomic E-state index is 13.4. The summed E-state index contributed by atoms with van der Waals surface area (Å²) in [4.78, 5) is 30.0. The van der Waals surface area contributed by atoms with E-state index in [1.165, 1.54) is 17.0 Å². The lowest BCUT2D eigenvalue weighted by molar-refractivity contribution is -0.154. The number of rotatable bonds is 6. The summed E-state index contributed by atoms with van der Waals surface area (Å²) in [5.74, 6) is -1.93. The van der Waals surface area contributed by atoms with Crippen LogP contribution in [-0.2, 0) is 22.6 Å². The van der Waals surface area contributed by atoms with Gasteiger partial charge in [-0.2, -0.15) is 0 Å². The summed E-state index contributed by atoms with van der Waals surface area (Å²) in [6.07, 6.45) is 2.53. The van der Waals surface area contributed by atoms with Gasteiger partial charge in [0.2, 0.25) is 5.60 Å². The summed E-state index contributed by atoms with van der Waals surface area (Å²) in [7, 11) is 0. The maximum absolute atomic E-state index is 13.4. The topological polar surface area (TPSA) is 85.4 Å². The Bertz CT molecular complexity index is 1100. The van der Waals surface area contributed by atoms with Gasteiger partial charge in [0, 0.05) is 48.2 Å². The number of nitrogens with one attached hydrogen (secondary N) is 2. The third-order valence-electron chi connectivity index (χ3n) is 5.46. The van der Waals surface area contributed by atoms with Gasteiger partial charge >= 0.3 is 0 Å². The second kappa shape index (κ2) is 8.08. The minimum Gasteiger partial charge on any atom is -0.372 e. The highest BCUT2D eigenvalue weighted by Gasteiger charge is 2.50. The van der Waals surface area contributed by atoms with Gasteiger partial charge in [-0.1, -0.05) is 29.8 Å². The number of aliphatic hydroxyl groups is 1. The summed E-state index contributed by atoms with van der Waals surface area (Å²) in [6, 6.07) is 11.8. The lowest BCUT2D eigenvalue weighted by atomic mass is 10.0. The van der Waals surface area contributed by atoms with Gasteiger partial charge in [0.1, 0.15) is 5.82 Å². The predicted octanol–water partition coefficient (Wildman–Crippen LogP) is 2.78. The molecule has 3 N–H and O–H groups in total. The van der Waals surface area contributed by atoms with Crippen LogP contribution in [0.3, 0.4) is 0 Å². The number of halogens is 2. The number of carbonyl (C=O) groups excluding carboxylic acids is 2. The van der Waals surface area contributed by atoms with Crippen LogP contribution in [0.1, 0.15) is 17.5 Å². The molecule has 6 nitrogen and oxygen atoms in total. The number of fused-ring (bicyclic) bond motifs is 1. The molecule has 3 aromatic rings. The molecule has 0 unspecified atom stereocenters. The van der Waals surface area contributed by atoms with Crippen molar-refractivity contribution in [2.24, 2.45) is 0 Å². The molecule has 0 spiro atoms. The van der Waals surface area contributed by atoms with Crippen molar-refractivity contribution >= 4 is 34.3 Å². The van der Waals surface area contributed by atoms with E-state index in [4.69, 9.17) is 11.6 Å². The third kappa shape index (κ3) is 3.91. The van der Waals surface area contributed by atoms with Crippen LogP contribution < -0.4 is 5.32 Å². The Balaban J connectivity index is 1.37. The van der Waals surface area contributed by atoms with Crippen molar-refractivity contribution in [1.29, 1.82) is 0 Å². The molecule has 0 bridgehead atoms. The fourth-order valence-corrected chi connectivity index (χ4v) is 4.07. The van der Waals surface area contributed by atoms with E-state index < -0.39 is 23.2 Å². The lowest BCUT2D eigenvalue weighted by Crippen LogP contribution is -2.52. The summed E-state index contributed by atoms with van der Waals surface area (Å²) in [5, 5.41) is 14.5. The van der Waals surface area contributed by atoms with Crippen molar-refractivity contribution in [3.63, 3.8) is 0 Å². The summed E-state index contributed by atoms with van der Waals surface area (Å²) < 4.78 is 13.4. The van der Waals surface area contributed by atoms with Crippen molar-refractivity contribution in [3.8, 4) is 0 Å². The second-order valence-corrected chi connectivity index (χ2v) is 7.91. The number of aromatic nitrogens is 1. The summed E-state index contributed by atoms with van der Waals surface area (Å²) >= 11 is 5.81. The summed E-state index contributed by atoms with van der Waals surface area (Å²) in [6.45, 7) is 0.647. The van der Waals surface area contributed by atoms with Gasteiger partial charge in [-0.3, -0.25) is 9.59 Å². The van der Waals surface area contributed by atoms with Crippen molar-refractivity contribution in [1.82, 2.24) is 15.2 Å². The average molecular weight is 430 g/mol. The zero-order chi connectivity index (χ0) is 21.3. The SMILES string of the molecule is O=C(NCc1cc(F)cc(Cl)c1)[C@]1(O)CCN(CCc2c[nH]c3ccccc23)C1=O. The first-order valence-electron chi connectivity index (χ1n) is 9.67. The molecule has 0 radical (unpaired) electrons. The van der Waals surface area contributed by atoms with Gasteiger partial charge < -0.3 is 20.3 Å². The highest BCUT2D eigenvalue weighted by atomic mass is 35.5. The highest BCUT2D eigenvalue weighted by Crippen LogP contribution is 2.25. The first-order chi connectivity index (χ1) is 14.4. The van der Waals surface area contributed by atoms with E-state index in [0.717, 1.165) is 22.5 Å². The molecule has 1 saturated heterocycles. The molecule has 1 fully saturated rings. The van der Waals surface area contributed by atoms with E-state index >= 15 is 0 Å². The van der Waals surface area contributed by atoms with E-state index in [1.54, 1.807) is 0 Å². The zero-order valence-electron chi connectivity index (χ0n) is 16.1. The standard InChI is InChI=1S/C22H21ClFN3O3/c23-16-9-14(10-17(24)11-16)12-26-20(28)22(30)6-8-27(21(22)29)7-5-15-13-25-19-4-2-1-3-18(15)19/h1-4,9-11,13,25,30H,5-8,12H2,(H,26,28)/t22-/m1/s1. The van der Waals surface area contributed by atoms with Gasteiger partial charge in [-0.25, -0.2) is 4.39 Å². The number of nitrogens with zero attached hydrogens (tertiary/aromatic N) is 1. The predicted molar refractivity (Wildman–Crippen MR) is 111 cm³/mol. The second-order valence-electron chi connectivity index (χ2n) is 7.47. The van der Waals surface area contributed by atoms with Crippen LogP contribution in [0.5, 0.6) is 0 Å². The van der Waals surface area contributed by atoms with Gasteiger partial charge in [0.25, 0.3) is 11.8 Å². The number of carbonyl (C=O) groups is 2. The number of hydrogen-bond donors (Lipinski definition) is 3. The molecule has 156 valence electrons. The molecule has 1 aliphatic rings. The Morgan fingerprint density at radius 3 is 2.90 bits per heavy atom. The maximum Gasteiger partial charge on any atom is 0.264 e. The van der Waals surface area contributed by atoms with E-state index in [9.17, 15) is 19.1 Å². The molecule has 8 heteroatoms. The molecule has 4 rings (SSSR count). The molecule has 0 aliphatic carbocycles. The minimum atomic E-state index is -2.11. The molecule has 2 heterocycles. The van der Waals surface area contributed by atoms with Crippen LogP contribution in [0.25, 0.3) is 10.9 Å². The first-order valence-corrected chi connectivity index (χ1v) is 10.0. The van der Waals surface area contributed by atoms with Crippen LogP contribution in [0.4, 0.5) is 4.39 Å². The number of aromatic amines is 1. The van der Waals surface area contributed by atoms with Gasteiger partial charge in [-0.15, -0.1) is 0 Å². The van der Waals surface area contributed by atoms with Crippen molar-refractivity contribution in [2.75, 3.05) is 13.1 Å². The number of benzene rings is 2. The van der Waals surface area contributed by atoms with Gasteiger partial charge in [0.05, 0.1) is 0 Å². The van der Waals surface area contributed by atoms with Crippen LogP contribution in [0, 0.1) is 5.82 Å². The van der Waals surface area contributed by atoms with E-state index in [1.807, 2.05) is 30.5 Å². The minimum absolute atomic E-state index is 0.00938. The average Bonchev–Trinajstić information content (AvgIpc) is 3.26. The van der Waals surface area contributed by atoms with E-state index in [0.29, 0.717) is 18.5 Å². The highest BCUT2D eigenvalue weighted by molar-refractivity contribution is 6.30. The Kier molecular flexibility index (Phi) is 5.49. The largest absolute Gasteiger partial charge is 0.372 e. The van der Waals surface area contributed by atoms with Gasteiger partial charge in [-0.05, 0) is 41.8 Å². The smallest absolute Gasteiger partial charge is 0.264 e. The number of amides is 2. The third-order valence-corrected chi connectivity index (χ3v) is 5.68. The van der Waals surface area contributed by atoms with Crippen molar-refractivity contribution in [2.45, 2.75) is 25.0 Å². The Labute approximate surface area is 177 Å². The lowest BCUT2D eigenvalue weighted by Gasteiger charge is -2.21. The Hall–Kier alpha value is -2.90. The normalized spacial score (nSPS) is 18.9. The number of para-hydroxylation sites is 1. The zero-order valence-corrected chi connectivity index (χ0v) is 16.9. The molecule has 0 saturated carbocycles. The monoisotopic (exact) mass is 429 g/mol. The molecule has 2 amide bonds. The molecular formula is C22H21ClFN3O3. The number of hydrogen-bond acceptors (Lipinski definition) is 3. The summed E-state index contributed by atoms with van der Waals surface area (Å²) in [5.41, 5.74) is 0.422. The van der Waals surface area contributed by atoms with Crippen molar-refractivity contribution in [3.05, 3.63) is 70.6 Å². The van der Waals surface area contributed by atoms with Crippen LogP contribution in [0.2, 0.25) is 5.02 Å². The number of H-pyrrole nitrogens is 1. The van der Waals surface area contributed by atoms with Crippen LogP contribution in [0.15, 0.2) is 48.7 Å². The van der Waals surface area contributed by atoms with Crippen molar-refractivity contribution < 1.29 is 19.1 Å². The van der Waals surface area contributed by atoms with Crippen LogP contribution in [-0.4, -0.2) is 45.5 Å². The molecule has 30 heavy (non-hydrogen) atoms. The molecule has 1 aliphatic heterocycles. The Morgan fingerprint density at radius 1 is 1.30 bits per heavy atom. The molecule has 2 aromatic carbocycles. The fraction of sp³-hybridized carbons (Fsp3) is 0.273. The van der Waals surface area contributed by atoms with E-state index in [2.05, 4.69) is 10.3 Å². The van der Waals surface area contributed by atoms with E-state index in [-0.39, 0.29) is 24.5 Å². The fourth-order valence-electron chi connectivity index (χ4n) is 3.83. The quantitative estimate of drug-likeness (QED) is 0.527. The molecule has 1 atom stereocenters. The Morgan fingerprint density at radius 2 is 2.10 bits per heavy atom. The molecular weight excluding hydrogens is 409 g/mol. The van der Waals surface area contributed by atoms with Gasteiger partial charge in [0.15, 0.2) is 0 Å². The number of likely N-dealkylation sites (tertiary alicyclic amines) is 1. The first kappa shape index (κ1) is 20.4. The van der Waals surface area contributed by atoms with Crippen LogP contribution >= 0.6 is 11.6 Å².